The molecule has 0 bridgehead atoms. The molecule has 0 aromatic carbocycles. The first-order valence-electron chi connectivity index (χ1n) is 10.9. The first-order valence-corrected chi connectivity index (χ1v) is 10.9. The van der Waals surface area contributed by atoms with Crippen LogP contribution in [-0.2, 0) is 4.79 Å². The number of fused-ring (bicyclic) bond motifs is 1. The third-order valence-corrected chi connectivity index (χ3v) is 6.01. The number of aromatic nitrogens is 3. The topological polar surface area (TPSA) is 123 Å². The molecule has 3 heterocycles. The van der Waals surface area contributed by atoms with Gasteiger partial charge in [-0.3, -0.25) is 4.79 Å². The van der Waals surface area contributed by atoms with Gasteiger partial charge in [-0.1, -0.05) is 26.8 Å². The van der Waals surface area contributed by atoms with E-state index in [0.717, 1.165) is 18.5 Å². The predicted octanol–water partition coefficient (Wildman–Crippen LogP) is 4.79. The number of rotatable bonds is 3. The van der Waals surface area contributed by atoms with E-state index in [9.17, 15) is 22.8 Å². The fraction of sp³-hybridized carbons (Fsp3) is 0.636. The summed E-state index contributed by atoms with van der Waals surface area (Å²) in [5, 5.41) is 8.93. The highest BCUT2D eigenvalue weighted by atomic mass is 19.4. The smallest absolute Gasteiger partial charge is 0.391 e. The summed E-state index contributed by atoms with van der Waals surface area (Å²) in [5.41, 5.74) is 9.44. The quantitative estimate of drug-likeness (QED) is 0.671. The van der Waals surface area contributed by atoms with Crippen molar-refractivity contribution >= 4 is 23.0 Å². The highest BCUT2D eigenvalue weighted by Gasteiger charge is 2.42. The van der Waals surface area contributed by atoms with Gasteiger partial charge in [-0.25, -0.2) is 14.8 Å². The minimum Gasteiger partial charge on any atom is -0.666 e. The Morgan fingerprint density at radius 2 is 1.79 bits per heavy atom. The SMILES string of the molecule is CC(C)(C)[C@@H]([NH-])C(=O)N1CCC(C(F)(F)F)CC1.O=C(O)c1c[nH]c2ncc(C3CC3)nc12. The van der Waals surface area contributed by atoms with Gasteiger partial charge in [-0.2, -0.15) is 13.2 Å². The molecule has 182 valence electrons. The number of aromatic carboxylic acids is 1. The number of amides is 1. The van der Waals surface area contributed by atoms with Crippen LogP contribution in [0.3, 0.4) is 0 Å². The van der Waals surface area contributed by atoms with Gasteiger partial charge in [0, 0.05) is 25.2 Å². The van der Waals surface area contributed by atoms with Crippen LogP contribution in [0.1, 0.15) is 68.4 Å². The summed E-state index contributed by atoms with van der Waals surface area (Å²) in [7, 11) is 0. The third-order valence-electron chi connectivity index (χ3n) is 6.01. The number of nitrogens with one attached hydrogen (secondary N) is 2. The fourth-order valence-electron chi connectivity index (χ4n) is 3.62. The van der Waals surface area contributed by atoms with Gasteiger partial charge in [0.25, 0.3) is 0 Å². The molecule has 2 fully saturated rings. The number of hydrogen-bond acceptors (Lipinski definition) is 4. The van der Waals surface area contributed by atoms with Crippen LogP contribution in [0.2, 0.25) is 0 Å². The zero-order valence-corrected chi connectivity index (χ0v) is 18.9. The average Bonchev–Trinajstić information content (AvgIpc) is 3.50. The number of carbonyl (C=O) groups excluding carboxylic acids is 1. The Bertz CT molecular complexity index is 1000. The molecule has 8 nitrogen and oxygen atoms in total. The Hall–Kier alpha value is -2.69. The van der Waals surface area contributed by atoms with Crippen LogP contribution in [0.4, 0.5) is 13.2 Å². The maximum absolute atomic E-state index is 12.5. The lowest BCUT2D eigenvalue weighted by atomic mass is 9.86. The van der Waals surface area contributed by atoms with Crippen molar-refractivity contribution in [3.63, 3.8) is 0 Å². The third kappa shape index (κ3) is 6.01. The van der Waals surface area contributed by atoms with Crippen molar-refractivity contribution in [2.75, 3.05) is 13.1 Å². The molecule has 1 atom stereocenters. The van der Waals surface area contributed by atoms with E-state index in [1.165, 1.54) is 11.1 Å². The molecule has 2 aromatic heterocycles. The second-order valence-electron chi connectivity index (χ2n) is 9.71. The zero-order valence-electron chi connectivity index (χ0n) is 18.9. The van der Waals surface area contributed by atoms with Crippen LogP contribution in [-0.4, -0.2) is 62.1 Å². The van der Waals surface area contributed by atoms with Crippen LogP contribution in [0, 0.1) is 11.3 Å². The van der Waals surface area contributed by atoms with Crippen molar-refractivity contribution in [2.45, 2.75) is 64.6 Å². The second kappa shape index (κ2) is 9.28. The van der Waals surface area contributed by atoms with Gasteiger partial charge < -0.3 is 20.7 Å². The van der Waals surface area contributed by atoms with Crippen LogP contribution < -0.4 is 0 Å². The van der Waals surface area contributed by atoms with E-state index in [4.69, 9.17) is 10.8 Å². The lowest BCUT2D eigenvalue weighted by Gasteiger charge is -2.40. The summed E-state index contributed by atoms with van der Waals surface area (Å²) < 4.78 is 37.4. The monoisotopic (exact) mass is 468 g/mol. The van der Waals surface area contributed by atoms with E-state index in [2.05, 4.69) is 15.0 Å². The molecule has 1 saturated carbocycles. The molecule has 1 amide bonds. The van der Waals surface area contributed by atoms with Crippen molar-refractivity contribution in [3.05, 3.63) is 29.4 Å². The number of alkyl halides is 3. The molecule has 11 heteroatoms. The van der Waals surface area contributed by atoms with E-state index < -0.39 is 29.5 Å². The van der Waals surface area contributed by atoms with Gasteiger partial charge in [0.1, 0.15) is 11.1 Å². The number of H-pyrrole nitrogens is 1. The van der Waals surface area contributed by atoms with Gasteiger partial charge in [0.05, 0.1) is 17.8 Å². The van der Waals surface area contributed by atoms with Crippen LogP contribution >= 0.6 is 0 Å². The van der Waals surface area contributed by atoms with E-state index in [-0.39, 0.29) is 37.4 Å². The van der Waals surface area contributed by atoms with Crippen molar-refractivity contribution in [2.24, 2.45) is 11.3 Å². The number of carboxylic acids is 1. The molecule has 2 aliphatic rings. The Morgan fingerprint density at radius 1 is 1.18 bits per heavy atom. The highest BCUT2D eigenvalue weighted by molar-refractivity contribution is 6.00. The van der Waals surface area contributed by atoms with Gasteiger partial charge in [0.15, 0.2) is 5.65 Å². The molecule has 1 saturated heterocycles. The number of aromatic amines is 1. The van der Waals surface area contributed by atoms with E-state index in [0.29, 0.717) is 17.1 Å². The number of carbonyl (C=O) groups is 2. The first-order chi connectivity index (χ1) is 15.3. The van der Waals surface area contributed by atoms with E-state index >= 15 is 0 Å². The predicted molar refractivity (Wildman–Crippen MR) is 116 cm³/mol. The number of carboxylic acid groups (broad SMARTS) is 1. The lowest BCUT2D eigenvalue weighted by molar-refractivity contribution is -0.186. The molecule has 4 rings (SSSR count). The number of likely N-dealkylation sites (tertiary alicyclic amines) is 1. The van der Waals surface area contributed by atoms with E-state index in [1.54, 1.807) is 27.0 Å². The normalized spacial score (nSPS) is 18.6. The van der Waals surface area contributed by atoms with Crippen molar-refractivity contribution in [1.29, 1.82) is 0 Å². The number of hydrogen-bond donors (Lipinski definition) is 2. The summed E-state index contributed by atoms with van der Waals surface area (Å²) in [4.78, 5) is 35.5. The number of piperidine rings is 1. The first kappa shape index (κ1) is 24.9. The largest absolute Gasteiger partial charge is 0.666 e. The fourth-order valence-corrected chi connectivity index (χ4v) is 3.62. The minimum atomic E-state index is -4.17. The maximum Gasteiger partial charge on any atom is 0.391 e. The number of halogens is 3. The summed E-state index contributed by atoms with van der Waals surface area (Å²) in [6.45, 7) is 5.56. The molecule has 33 heavy (non-hydrogen) atoms. The molecule has 0 spiro atoms. The molecule has 1 aliphatic carbocycles. The van der Waals surface area contributed by atoms with Gasteiger partial charge in [-0.15, -0.1) is 0 Å². The lowest BCUT2D eigenvalue weighted by Crippen LogP contribution is -2.48. The molecule has 0 unspecified atom stereocenters. The summed E-state index contributed by atoms with van der Waals surface area (Å²) in [5.74, 6) is -2.15. The average molecular weight is 469 g/mol. The van der Waals surface area contributed by atoms with Gasteiger partial charge in [-0.05, 0) is 31.1 Å². The molecule has 3 N–H and O–H groups in total. The van der Waals surface area contributed by atoms with Crippen molar-refractivity contribution in [1.82, 2.24) is 19.9 Å². The Balaban J connectivity index is 0.000000188. The standard InChI is InChI=1S/C12H20F3N2O.C10H9N3O2/c1-11(2,3)9(16)10(18)17-6-4-8(5-7-17)12(13,14)15;14-10(15)6-3-11-9-8(6)13-7(4-12-9)5-1-2-5/h8-9,16H,4-7H2,1-3H3;3-5H,1-2H2,(H,11,12)(H,14,15)/q-1;/t9-;/m0./s1. The highest BCUT2D eigenvalue weighted by Crippen LogP contribution is 2.39. The molecule has 1 aliphatic heterocycles. The second-order valence-corrected chi connectivity index (χ2v) is 9.71. The minimum absolute atomic E-state index is 0.0495. The van der Waals surface area contributed by atoms with Gasteiger partial charge >= 0.3 is 12.1 Å². The van der Waals surface area contributed by atoms with Crippen LogP contribution in [0.5, 0.6) is 0 Å². The van der Waals surface area contributed by atoms with Crippen LogP contribution in [0.25, 0.3) is 16.9 Å². The summed E-state index contributed by atoms with van der Waals surface area (Å²) in [6.07, 6.45) is 1.16. The summed E-state index contributed by atoms with van der Waals surface area (Å²) in [6, 6.07) is -0.917. The molecular weight excluding hydrogens is 439 g/mol. The maximum atomic E-state index is 12.5. The zero-order chi connectivity index (χ0) is 24.6. The molecule has 0 radical (unpaired) electrons. The Kier molecular flexibility index (Phi) is 7.01. The molecular formula is C22H29F3N5O3-. The van der Waals surface area contributed by atoms with Gasteiger partial charge in [0.2, 0.25) is 5.91 Å². The van der Waals surface area contributed by atoms with E-state index in [1.807, 2.05) is 0 Å². The Morgan fingerprint density at radius 3 is 2.27 bits per heavy atom. The molecule has 2 aromatic rings. The number of nitrogens with zero attached hydrogens (tertiary/aromatic N) is 3. The van der Waals surface area contributed by atoms with Crippen LogP contribution in [0.15, 0.2) is 12.4 Å². The van der Waals surface area contributed by atoms with Crippen molar-refractivity contribution in [3.8, 4) is 0 Å². The Labute approximate surface area is 189 Å². The van der Waals surface area contributed by atoms with Crippen molar-refractivity contribution < 1.29 is 27.9 Å². The summed E-state index contributed by atoms with van der Waals surface area (Å²) >= 11 is 0.